The van der Waals surface area contributed by atoms with Crippen molar-refractivity contribution in [1.82, 2.24) is 0 Å². The molecule has 0 fully saturated rings. The molecule has 9 heavy (non-hydrogen) atoms. The first-order chi connectivity index (χ1) is 4.12. The molecule has 0 aliphatic rings. The number of hydrogen-bond acceptors (Lipinski definition) is 3. The minimum absolute atomic E-state index is 0.216. The summed E-state index contributed by atoms with van der Waals surface area (Å²) in [6, 6.07) is 0. The lowest BCUT2D eigenvalue weighted by Gasteiger charge is -2.19. The maximum Gasteiger partial charge on any atom is 0.0673 e. The summed E-state index contributed by atoms with van der Waals surface area (Å²) in [6.07, 6.45) is 2.05. The molecule has 0 saturated carbocycles. The number of oxime groups is 1. The third-order valence-electron chi connectivity index (χ3n) is 1.22. The number of nitrogens with zero attached hydrogens (tertiary/aromatic N) is 1. The van der Waals surface area contributed by atoms with Gasteiger partial charge in [-0.25, -0.2) is 0 Å². The zero-order valence-corrected chi connectivity index (χ0v) is 6.09. The SMILES string of the molecule is COC(C)(C)C/C=N/O. The molecule has 0 amide bonds. The van der Waals surface area contributed by atoms with Crippen LogP contribution in [-0.2, 0) is 4.74 Å². The molecule has 0 aromatic rings. The van der Waals surface area contributed by atoms with Gasteiger partial charge in [-0.1, -0.05) is 0 Å². The predicted molar refractivity (Wildman–Crippen MR) is 36.0 cm³/mol. The molecule has 0 saturated heterocycles. The fraction of sp³-hybridized carbons (Fsp3) is 0.833. The highest BCUT2D eigenvalue weighted by Crippen LogP contribution is 2.09. The maximum absolute atomic E-state index is 8.04. The molecule has 0 atom stereocenters. The number of hydrogen-bond donors (Lipinski definition) is 1. The Labute approximate surface area is 55.3 Å². The van der Waals surface area contributed by atoms with E-state index in [1.54, 1.807) is 7.11 Å². The maximum atomic E-state index is 8.04. The summed E-state index contributed by atoms with van der Waals surface area (Å²) in [5.74, 6) is 0. The molecule has 0 aliphatic heterocycles. The molecular formula is C6H13NO2. The number of methoxy groups -OCH3 is 1. The molecular weight excluding hydrogens is 118 g/mol. The minimum atomic E-state index is -0.216. The Hall–Kier alpha value is -0.570. The van der Waals surface area contributed by atoms with E-state index in [2.05, 4.69) is 5.16 Å². The standard InChI is InChI=1S/C6H13NO2/c1-6(2,9-3)4-5-7-8/h5,8H,4H2,1-3H3/b7-5+. The first-order valence-corrected chi connectivity index (χ1v) is 2.83. The lowest BCUT2D eigenvalue weighted by molar-refractivity contribution is 0.0296. The van der Waals surface area contributed by atoms with Crippen molar-refractivity contribution in [3.8, 4) is 0 Å². The first-order valence-electron chi connectivity index (χ1n) is 2.83. The highest BCUT2D eigenvalue weighted by Gasteiger charge is 2.13. The summed E-state index contributed by atoms with van der Waals surface area (Å²) in [4.78, 5) is 0. The van der Waals surface area contributed by atoms with Crippen LogP contribution in [0.25, 0.3) is 0 Å². The van der Waals surface area contributed by atoms with Gasteiger partial charge < -0.3 is 9.94 Å². The monoisotopic (exact) mass is 131 g/mol. The third kappa shape index (κ3) is 3.97. The van der Waals surface area contributed by atoms with Gasteiger partial charge in [-0.2, -0.15) is 0 Å². The molecule has 3 nitrogen and oxygen atoms in total. The Morgan fingerprint density at radius 3 is 2.56 bits per heavy atom. The van der Waals surface area contributed by atoms with Crippen LogP contribution >= 0.6 is 0 Å². The van der Waals surface area contributed by atoms with Gasteiger partial charge in [0.15, 0.2) is 0 Å². The van der Waals surface area contributed by atoms with E-state index in [1.165, 1.54) is 6.21 Å². The number of rotatable bonds is 3. The van der Waals surface area contributed by atoms with Crippen molar-refractivity contribution in [2.75, 3.05) is 7.11 Å². The molecule has 1 N–H and O–H groups in total. The van der Waals surface area contributed by atoms with Crippen LogP contribution in [0.4, 0.5) is 0 Å². The van der Waals surface area contributed by atoms with Crippen LogP contribution in [0.3, 0.4) is 0 Å². The fourth-order valence-electron chi connectivity index (χ4n) is 0.344. The van der Waals surface area contributed by atoms with Crippen molar-refractivity contribution >= 4 is 6.21 Å². The van der Waals surface area contributed by atoms with Crippen LogP contribution in [0.15, 0.2) is 5.16 Å². The Morgan fingerprint density at radius 2 is 2.22 bits per heavy atom. The summed E-state index contributed by atoms with van der Waals surface area (Å²) in [5, 5.41) is 10.9. The zero-order chi connectivity index (χ0) is 7.33. The molecule has 0 unspecified atom stereocenters. The average molecular weight is 131 g/mol. The molecule has 0 aromatic heterocycles. The zero-order valence-electron chi connectivity index (χ0n) is 6.09. The van der Waals surface area contributed by atoms with Gasteiger partial charge in [0.2, 0.25) is 0 Å². The van der Waals surface area contributed by atoms with Crippen LogP contribution in [-0.4, -0.2) is 24.1 Å². The topological polar surface area (TPSA) is 41.8 Å². The molecule has 0 heterocycles. The van der Waals surface area contributed by atoms with E-state index in [-0.39, 0.29) is 5.60 Å². The van der Waals surface area contributed by atoms with E-state index < -0.39 is 0 Å². The Bertz CT molecular complexity index is 99.2. The van der Waals surface area contributed by atoms with E-state index in [0.717, 1.165) is 0 Å². The van der Waals surface area contributed by atoms with Crippen molar-refractivity contribution in [3.63, 3.8) is 0 Å². The molecule has 0 aliphatic carbocycles. The van der Waals surface area contributed by atoms with Crippen LogP contribution in [0, 0.1) is 0 Å². The summed E-state index contributed by atoms with van der Waals surface area (Å²) < 4.78 is 5.04. The third-order valence-corrected chi connectivity index (χ3v) is 1.22. The average Bonchev–Trinajstić information content (AvgIpc) is 1.84. The van der Waals surface area contributed by atoms with E-state index in [1.807, 2.05) is 13.8 Å². The van der Waals surface area contributed by atoms with Crippen LogP contribution < -0.4 is 0 Å². The van der Waals surface area contributed by atoms with Gasteiger partial charge in [0.05, 0.1) is 5.60 Å². The molecule has 3 heteroatoms. The van der Waals surface area contributed by atoms with Crippen molar-refractivity contribution in [3.05, 3.63) is 0 Å². The van der Waals surface area contributed by atoms with Gasteiger partial charge in [0.25, 0.3) is 0 Å². The lowest BCUT2D eigenvalue weighted by Crippen LogP contribution is -2.22. The summed E-state index contributed by atoms with van der Waals surface area (Å²) in [5.41, 5.74) is -0.216. The van der Waals surface area contributed by atoms with E-state index in [9.17, 15) is 0 Å². The van der Waals surface area contributed by atoms with Crippen LogP contribution in [0.5, 0.6) is 0 Å². The predicted octanol–water partition coefficient (Wildman–Crippen LogP) is 1.26. The second-order valence-electron chi connectivity index (χ2n) is 2.47. The molecule has 0 rings (SSSR count). The van der Waals surface area contributed by atoms with Crippen molar-refractivity contribution in [2.45, 2.75) is 25.9 Å². The van der Waals surface area contributed by atoms with Gasteiger partial charge in [0.1, 0.15) is 0 Å². The first kappa shape index (κ1) is 8.43. The largest absolute Gasteiger partial charge is 0.411 e. The quantitative estimate of drug-likeness (QED) is 0.356. The Balaban J connectivity index is 3.58. The molecule has 0 spiro atoms. The highest BCUT2D eigenvalue weighted by molar-refractivity contribution is 5.57. The summed E-state index contributed by atoms with van der Waals surface area (Å²) in [6.45, 7) is 3.85. The van der Waals surface area contributed by atoms with Gasteiger partial charge in [-0.3, -0.25) is 0 Å². The molecule has 0 radical (unpaired) electrons. The van der Waals surface area contributed by atoms with E-state index in [0.29, 0.717) is 6.42 Å². The lowest BCUT2D eigenvalue weighted by atomic mass is 10.1. The van der Waals surface area contributed by atoms with Crippen molar-refractivity contribution in [1.29, 1.82) is 0 Å². The second-order valence-corrected chi connectivity index (χ2v) is 2.47. The molecule has 0 bridgehead atoms. The van der Waals surface area contributed by atoms with Crippen molar-refractivity contribution < 1.29 is 9.94 Å². The van der Waals surface area contributed by atoms with Gasteiger partial charge in [-0.05, 0) is 13.8 Å². The molecule has 0 aromatic carbocycles. The van der Waals surface area contributed by atoms with Crippen LogP contribution in [0.2, 0.25) is 0 Å². The van der Waals surface area contributed by atoms with Gasteiger partial charge in [-0.15, -0.1) is 5.16 Å². The number of ether oxygens (including phenoxy) is 1. The summed E-state index contributed by atoms with van der Waals surface area (Å²) >= 11 is 0. The highest BCUT2D eigenvalue weighted by atomic mass is 16.5. The second kappa shape index (κ2) is 3.45. The normalized spacial score (nSPS) is 12.8. The minimum Gasteiger partial charge on any atom is -0.411 e. The Kier molecular flexibility index (Phi) is 3.24. The molecule has 54 valence electrons. The summed E-state index contributed by atoms with van der Waals surface area (Å²) in [7, 11) is 1.63. The van der Waals surface area contributed by atoms with Gasteiger partial charge >= 0.3 is 0 Å². The van der Waals surface area contributed by atoms with E-state index in [4.69, 9.17) is 9.94 Å². The van der Waals surface area contributed by atoms with E-state index >= 15 is 0 Å². The fourth-order valence-corrected chi connectivity index (χ4v) is 0.344. The van der Waals surface area contributed by atoms with Gasteiger partial charge in [0, 0.05) is 19.7 Å². The smallest absolute Gasteiger partial charge is 0.0673 e. The Morgan fingerprint density at radius 1 is 1.67 bits per heavy atom. The van der Waals surface area contributed by atoms with Crippen molar-refractivity contribution in [2.24, 2.45) is 5.16 Å². The van der Waals surface area contributed by atoms with Crippen LogP contribution in [0.1, 0.15) is 20.3 Å².